The van der Waals surface area contributed by atoms with Crippen LogP contribution in [0.25, 0.3) is 0 Å². The Bertz CT molecular complexity index is 375. The number of rotatable bonds is 1. The zero-order valence-corrected chi connectivity index (χ0v) is 7.60. The van der Waals surface area contributed by atoms with Gasteiger partial charge in [0.1, 0.15) is 5.69 Å². The number of nitrogens with one attached hydrogen (secondary N) is 1. The third kappa shape index (κ3) is 1.56. The van der Waals surface area contributed by atoms with Crippen molar-refractivity contribution in [3.63, 3.8) is 0 Å². The summed E-state index contributed by atoms with van der Waals surface area (Å²) in [5, 5.41) is 6.36. The summed E-state index contributed by atoms with van der Waals surface area (Å²) in [5.41, 5.74) is 0.591. The van der Waals surface area contributed by atoms with E-state index in [0.717, 1.165) is 0 Å². The summed E-state index contributed by atoms with van der Waals surface area (Å²) in [4.78, 5) is 20.2. The highest BCUT2D eigenvalue weighted by molar-refractivity contribution is 6.08. The summed E-state index contributed by atoms with van der Waals surface area (Å²) < 4.78 is 0. The van der Waals surface area contributed by atoms with Crippen LogP contribution in [-0.4, -0.2) is 22.8 Å². The molecule has 0 fully saturated rings. The number of hydrogen-bond acceptors (Lipinski definition) is 4. The molecule has 1 aliphatic rings. The minimum absolute atomic E-state index is 0.208. The predicted molar refractivity (Wildman–Crippen MR) is 49.5 cm³/mol. The van der Waals surface area contributed by atoms with E-state index in [1.807, 2.05) is 6.07 Å². The molecular formula is C9H9N3O2. The minimum atomic E-state index is -0.539. The molecule has 5 nitrogen and oxygen atoms in total. The fraction of sp³-hybridized carbons (Fsp3) is 0.222. The maximum atomic E-state index is 11.2. The van der Waals surface area contributed by atoms with Crippen LogP contribution < -0.4 is 5.32 Å². The Labute approximate surface area is 80.8 Å². The van der Waals surface area contributed by atoms with Gasteiger partial charge in [-0.2, -0.15) is 0 Å². The number of hydrogen-bond donors (Lipinski definition) is 1. The molecule has 1 aliphatic heterocycles. The van der Waals surface area contributed by atoms with E-state index in [2.05, 4.69) is 15.5 Å². The van der Waals surface area contributed by atoms with E-state index in [-0.39, 0.29) is 5.91 Å². The van der Waals surface area contributed by atoms with Crippen LogP contribution in [0.15, 0.2) is 29.6 Å². The van der Waals surface area contributed by atoms with Crippen molar-refractivity contribution in [2.45, 2.75) is 13.0 Å². The summed E-state index contributed by atoms with van der Waals surface area (Å²) in [6.07, 6.45) is 1.09. The van der Waals surface area contributed by atoms with Crippen LogP contribution in [0.1, 0.15) is 12.6 Å². The second kappa shape index (κ2) is 3.45. The Morgan fingerprint density at radius 3 is 3.00 bits per heavy atom. The number of amides is 1. The Morgan fingerprint density at radius 2 is 2.36 bits per heavy atom. The summed E-state index contributed by atoms with van der Waals surface area (Å²) >= 11 is 0. The first-order valence-corrected chi connectivity index (χ1v) is 4.23. The highest BCUT2D eigenvalue weighted by Crippen LogP contribution is 2.03. The Hall–Kier alpha value is -1.91. The number of oxime groups is 1. The number of nitrogens with zero attached hydrogens (tertiary/aromatic N) is 2. The molecule has 1 amide bonds. The molecule has 0 saturated carbocycles. The molecule has 0 radical (unpaired) electrons. The largest absolute Gasteiger partial charge is 0.381 e. The lowest BCUT2D eigenvalue weighted by Gasteiger charge is -2.17. The van der Waals surface area contributed by atoms with Gasteiger partial charge >= 0.3 is 0 Å². The third-order valence-corrected chi connectivity index (χ3v) is 1.82. The average Bonchev–Trinajstić information content (AvgIpc) is 2.23. The van der Waals surface area contributed by atoms with Gasteiger partial charge in [0.2, 0.25) is 6.10 Å². The lowest BCUT2D eigenvalue weighted by atomic mass is 10.3. The molecule has 72 valence electrons. The van der Waals surface area contributed by atoms with Gasteiger partial charge in [0, 0.05) is 6.20 Å². The van der Waals surface area contributed by atoms with Gasteiger partial charge < -0.3 is 10.2 Å². The van der Waals surface area contributed by atoms with Gasteiger partial charge in [-0.3, -0.25) is 9.78 Å². The summed E-state index contributed by atoms with van der Waals surface area (Å²) in [6.45, 7) is 1.63. The van der Waals surface area contributed by atoms with Crippen LogP contribution in [-0.2, 0) is 9.63 Å². The lowest BCUT2D eigenvalue weighted by Crippen LogP contribution is -2.43. The fourth-order valence-corrected chi connectivity index (χ4v) is 1.03. The molecule has 1 atom stereocenters. The molecule has 1 unspecified atom stereocenters. The van der Waals surface area contributed by atoms with E-state index in [1.165, 1.54) is 0 Å². The molecular weight excluding hydrogens is 182 g/mol. The maximum Gasteiger partial charge on any atom is 0.269 e. The second-order valence-corrected chi connectivity index (χ2v) is 2.89. The summed E-state index contributed by atoms with van der Waals surface area (Å²) in [5.74, 6) is 0.148. The van der Waals surface area contributed by atoms with Crippen LogP contribution in [0.2, 0.25) is 0 Å². The topological polar surface area (TPSA) is 63.6 Å². The zero-order chi connectivity index (χ0) is 9.97. The first-order valence-electron chi connectivity index (χ1n) is 4.23. The highest BCUT2D eigenvalue weighted by Gasteiger charge is 2.22. The molecule has 1 N–H and O–H groups in total. The van der Waals surface area contributed by atoms with E-state index >= 15 is 0 Å². The van der Waals surface area contributed by atoms with E-state index in [1.54, 1.807) is 25.3 Å². The van der Waals surface area contributed by atoms with Gasteiger partial charge in [-0.05, 0) is 19.1 Å². The Balaban J connectivity index is 2.25. The number of pyridine rings is 1. The molecule has 0 saturated heterocycles. The molecule has 14 heavy (non-hydrogen) atoms. The second-order valence-electron chi connectivity index (χ2n) is 2.89. The smallest absolute Gasteiger partial charge is 0.269 e. The minimum Gasteiger partial charge on any atom is -0.381 e. The molecule has 2 rings (SSSR count). The van der Waals surface area contributed by atoms with E-state index in [0.29, 0.717) is 11.5 Å². The van der Waals surface area contributed by atoms with Gasteiger partial charge in [-0.25, -0.2) is 0 Å². The summed E-state index contributed by atoms with van der Waals surface area (Å²) in [7, 11) is 0. The van der Waals surface area contributed by atoms with Crippen molar-refractivity contribution in [1.82, 2.24) is 10.3 Å². The van der Waals surface area contributed by atoms with E-state index in [4.69, 9.17) is 4.84 Å². The van der Waals surface area contributed by atoms with E-state index in [9.17, 15) is 4.79 Å². The van der Waals surface area contributed by atoms with Crippen molar-refractivity contribution in [3.8, 4) is 0 Å². The van der Waals surface area contributed by atoms with Gasteiger partial charge in [-0.15, -0.1) is 0 Å². The molecule has 5 heteroatoms. The van der Waals surface area contributed by atoms with Crippen LogP contribution in [0.5, 0.6) is 0 Å². The molecule has 0 aromatic carbocycles. The number of aromatic nitrogens is 1. The fourth-order valence-electron chi connectivity index (χ4n) is 1.03. The van der Waals surface area contributed by atoms with Crippen molar-refractivity contribution in [1.29, 1.82) is 0 Å². The maximum absolute atomic E-state index is 11.2. The highest BCUT2D eigenvalue weighted by atomic mass is 16.6. The van der Waals surface area contributed by atoms with Crippen molar-refractivity contribution >= 4 is 11.7 Å². The van der Waals surface area contributed by atoms with Crippen LogP contribution in [0.3, 0.4) is 0 Å². The first-order chi connectivity index (χ1) is 6.77. The normalized spacial score (nSPS) is 20.8. The van der Waals surface area contributed by atoms with Gasteiger partial charge in [0.05, 0.1) is 0 Å². The zero-order valence-electron chi connectivity index (χ0n) is 7.60. The molecule has 0 bridgehead atoms. The Morgan fingerprint density at radius 1 is 1.50 bits per heavy atom. The Kier molecular flexibility index (Phi) is 2.14. The number of carbonyl (C=O) groups excluding carboxylic acids is 1. The van der Waals surface area contributed by atoms with Crippen molar-refractivity contribution < 1.29 is 9.63 Å². The average molecular weight is 191 g/mol. The molecule has 1 aromatic rings. The number of amidine groups is 1. The van der Waals surface area contributed by atoms with E-state index < -0.39 is 6.10 Å². The predicted octanol–water partition coefficient (Wildman–Crippen LogP) is 0.278. The van der Waals surface area contributed by atoms with Crippen LogP contribution in [0.4, 0.5) is 0 Å². The van der Waals surface area contributed by atoms with Crippen molar-refractivity contribution in [2.75, 3.05) is 0 Å². The van der Waals surface area contributed by atoms with Gasteiger partial charge in [-0.1, -0.05) is 11.2 Å². The quantitative estimate of drug-likeness (QED) is 0.693. The number of carbonyl (C=O) groups is 1. The third-order valence-electron chi connectivity index (χ3n) is 1.82. The molecule has 1 aromatic heterocycles. The molecule has 0 aliphatic carbocycles. The van der Waals surface area contributed by atoms with Crippen molar-refractivity contribution in [3.05, 3.63) is 30.1 Å². The van der Waals surface area contributed by atoms with Gasteiger partial charge in [0.25, 0.3) is 5.91 Å². The SMILES string of the molecule is CC1ON=C(c2ccccn2)NC1=O. The van der Waals surface area contributed by atoms with Crippen LogP contribution >= 0.6 is 0 Å². The molecule has 0 spiro atoms. The standard InChI is InChI=1S/C9H9N3O2/c1-6-9(13)11-8(12-14-6)7-4-2-3-5-10-7/h2-6H,1H3,(H,11,12,13). The summed E-state index contributed by atoms with van der Waals surface area (Å²) in [6, 6.07) is 5.35. The molecule has 2 heterocycles. The van der Waals surface area contributed by atoms with Gasteiger partial charge in [0.15, 0.2) is 5.84 Å². The van der Waals surface area contributed by atoms with Crippen LogP contribution in [0, 0.1) is 0 Å². The van der Waals surface area contributed by atoms with Crippen molar-refractivity contribution in [2.24, 2.45) is 5.16 Å². The monoisotopic (exact) mass is 191 g/mol. The lowest BCUT2D eigenvalue weighted by molar-refractivity contribution is -0.131. The first kappa shape index (κ1) is 8.68.